The molecule has 0 aromatic carbocycles. The van der Waals surface area contributed by atoms with Crippen molar-refractivity contribution >= 4 is 11.8 Å². The summed E-state index contributed by atoms with van der Waals surface area (Å²) in [5.74, 6) is 2.34. The Labute approximate surface area is 86.0 Å². The maximum Gasteiger partial charge on any atom is 0.0645 e. The summed E-state index contributed by atoms with van der Waals surface area (Å²) >= 11 is 2.19. The van der Waals surface area contributed by atoms with Gasteiger partial charge < -0.3 is 5.32 Å². The van der Waals surface area contributed by atoms with Gasteiger partial charge in [0.05, 0.1) is 4.87 Å². The highest BCUT2D eigenvalue weighted by molar-refractivity contribution is 8.00. The predicted molar refractivity (Wildman–Crippen MR) is 60.1 cm³/mol. The monoisotopic (exact) mass is 199 g/mol. The normalized spacial score (nSPS) is 41.8. The highest BCUT2D eigenvalue weighted by atomic mass is 32.2. The van der Waals surface area contributed by atoms with Crippen molar-refractivity contribution in [3.05, 3.63) is 0 Å². The molecule has 1 saturated heterocycles. The molecule has 2 aliphatic rings. The smallest absolute Gasteiger partial charge is 0.0645 e. The van der Waals surface area contributed by atoms with Crippen LogP contribution in [0.3, 0.4) is 0 Å². The van der Waals surface area contributed by atoms with Crippen LogP contribution in [0.25, 0.3) is 0 Å². The molecule has 2 unspecified atom stereocenters. The zero-order chi connectivity index (χ0) is 9.15. The largest absolute Gasteiger partial charge is 0.303 e. The second-order valence-electron chi connectivity index (χ2n) is 4.66. The van der Waals surface area contributed by atoms with Crippen molar-refractivity contribution in [1.29, 1.82) is 0 Å². The van der Waals surface area contributed by atoms with Gasteiger partial charge in [-0.15, -0.1) is 11.8 Å². The summed E-state index contributed by atoms with van der Waals surface area (Å²) < 4.78 is 0. The molecule has 1 aliphatic heterocycles. The first-order valence-electron chi connectivity index (χ1n) is 5.70. The SMILES string of the molecule is CC1CCCC2(CC1)NCCCS2. The minimum atomic E-state index is 0.489. The van der Waals surface area contributed by atoms with E-state index in [2.05, 4.69) is 24.0 Å². The second kappa shape index (κ2) is 4.22. The van der Waals surface area contributed by atoms with Crippen LogP contribution in [0, 0.1) is 5.92 Å². The molecular weight excluding hydrogens is 178 g/mol. The van der Waals surface area contributed by atoms with Gasteiger partial charge in [-0.1, -0.05) is 19.8 Å². The third-order valence-corrected chi connectivity index (χ3v) is 5.06. The highest BCUT2D eigenvalue weighted by Crippen LogP contribution is 2.40. The summed E-state index contributed by atoms with van der Waals surface area (Å²) in [6, 6.07) is 0. The second-order valence-corrected chi connectivity index (χ2v) is 6.14. The first-order valence-corrected chi connectivity index (χ1v) is 6.68. The van der Waals surface area contributed by atoms with E-state index in [1.807, 2.05) is 0 Å². The Balaban J connectivity index is 1.95. The molecule has 2 rings (SSSR count). The van der Waals surface area contributed by atoms with Crippen LogP contribution in [0.5, 0.6) is 0 Å². The van der Waals surface area contributed by atoms with Crippen molar-refractivity contribution in [2.24, 2.45) is 5.92 Å². The number of hydrogen-bond acceptors (Lipinski definition) is 2. The first kappa shape index (κ1) is 9.85. The summed E-state index contributed by atoms with van der Waals surface area (Å²) in [5.41, 5.74) is 0. The summed E-state index contributed by atoms with van der Waals surface area (Å²) in [6.07, 6.45) is 8.48. The molecule has 1 heterocycles. The lowest BCUT2D eigenvalue weighted by Gasteiger charge is -2.37. The fourth-order valence-corrected chi connectivity index (χ4v) is 3.95. The van der Waals surface area contributed by atoms with Gasteiger partial charge in [-0.05, 0) is 43.9 Å². The van der Waals surface area contributed by atoms with E-state index in [4.69, 9.17) is 0 Å². The van der Waals surface area contributed by atoms with E-state index in [-0.39, 0.29) is 0 Å². The van der Waals surface area contributed by atoms with E-state index in [1.54, 1.807) is 0 Å². The molecule has 0 radical (unpaired) electrons. The summed E-state index contributed by atoms with van der Waals surface area (Å²) in [4.78, 5) is 0.489. The predicted octanol–water partition coefficient (Wildman–Crippen LogP) is 3.01. The Morgan fingerprint density at radius 1 is 1.23 bits per heavy atom. The molecule has 1 N–H and O–H groups in total. The number of thioether (sulfide) groups is 1. The first-order chi connectivity index (χ1) is 6.31. The fraction of sp³-hybridized carbons (Fsp3) is 1.00. The lowest BCUT2D eigenvalue weighted by molar-refractivity contribution is 0.398. The van der Waals surface area contributed by atoms with Crippen LogP contribution in [0.2, 0.25) is 0 Å². The van der Waals surface area contributed by atoms with Gasteiger partial charge in [-0.3, -0.25) is 0 Å². The molecule has 2 atom stereocenters. The average molecular weight is 199 g/mol. The van der Waals surface area contributed by atoms with E-state index in [0.717, 1.165) is 5.92 Å². The van der Waals surface area contributed by atoms with E-state index in [1.165, 1.54) is 50.8 Å². The Bertz CT molecular complexity index is 163. The zero-order valence-corrected chi connectivity index (χ0v) is 9.46. The zero-order valence-electron chi connectivity index (χ0n) is 8.64. The maximum absolute atomic E-state index is 3.76. The van der Waals surface area contributed by atoms with Gasteiger partial charge in [0.25, 0.3) is 0 Å². The number of nitrogens with one attached hydrogen (secondary N) is 1. The van der Waals surface area contributed by atoms with Crippen LogP contribution in [0.4, 0.5) is 0 Å². The Hall–Kier alpha value is 0.310. The molecule has 2 fully saturated rings. The van der Waals surface area contributed by atoms with Crippen molar-refractivity contribution in [3.63, 3.8) is 0 Å². The summed E-state index contributed by atoms with van der Waals surface area (Å²) in [5, 5.41) is 3.76. The molecule has 76 valence electrons. The molecule has 0 bridgehead atoms. The van der Waals surface area contributed by atoms with Gasteiger partial charge in [-0.25, -0.2) is 0 Å². The Kier molecular flexibility index (Phi) is 3.20. The van der Waals surface area contributed by atoms with E-state index >= 15 is 0 Å². The van der Waals surface area contributed by atoms with Crippen LogP contribution in [0.15, 0.2) is 0 Å². The summed E-state index contributed by atoms with van der Waals surface area (Å²) in [6.45, 7) is 3.66. The lowest BCUT2D eigenvalue weighted by Crippen LogP contribution is -2.45. The molecular formula is C11H21NS. The fourth-order valence-electron chi connectivity index (χ4n) is 2.51. The van der Waals surface area contributed by atoms with E-state index < -0.39 is 0 Å². The van der Waals surface area contributed by atoms with Gasteiger partial charge in [0.15, 0.2) is 0 Å². The van der Waals surface area contributed by atoms with E-state index in [9.17, 15) is 0 Å². The molecule has 1 saturated carbocycles. The standard InChI is InChI=1S/C11H21NS/c1-10-4-2-6-11(7-5-10)12-8-3-9-13-11/h10,12H,2-9H2,1H3. The van der Waals surface area contributed by atoms with Crippen LogP contribution >= 0.6 is 11.8 Å². The molecule has 0 aromatic heterocycles. The minimum absolute atomic E-state index is 0.489. The van der Waals surface area contributed by atoms with Gasteiger partial charge in [0, 0.05) is 0 Å². The van der Waals surface area contributed by atoms with Crippen molar-refractivity contribution in [3.8, 4) is 0 Å². The van der Waals surface area contributed by atoms with Crippen molar-refractivity contribution in [2.75, 3.05) is 12.3 Å². The number of hydrogen-bond donors (Lipinski definition) is 1. The lowest BCUT2D eigenvalue weighted by atomic mass is 10.0. The van der Waals surface area contributed by atoms with Crippen LogP contribution in [-0.2, 0) is 0 Å². The van der Waals surface area contributed by atoms with Gasteiger partial charge in [0.2, 0.25) is 0 Å². The minimum Gasteiger partial charge on any atom is -0.303 e. The third-order valence-electron chi connectivity index (χ3n) is 3.47. The van der Waals surface area contributed by atoms with Crippen LogP contribution in [0.1, 0.15) is 45.4 Å². The van der Waals surface area contributed by atoms with Crippen molar-refractivity contribution in [1.82, 2.24) is 5.32 Å². The molecule has 13 heavy (non-hydrogen) atoms. The highest BCUT2D eigenvalue weighted by Gasteiger charge is 2.33. The van der Waals surface area contributed by atoms with Gasteiger partial charge in [-0.2, -0.15) is 0 Å². The number of rotatable bonds is 0. The molecule has 1 spiro atoms. The molecule has 0 aromatic rings. The van der Waals surface area contributed by atoms with Crippen molar-refractivity contribution < 1.29 is 0 Å². The van der Waals surface area contributed by atoms with Gasteiger partial charge >= 0.3 is 0 Å². The Morgan fingerprint density at radius 3 is 2.92 bits per heavy atom. The topological polar surface area (TPSA) is 12.0 Å². The molecule has 1 nitrogen and oxygen atoms in total. The molecule has 2 heteroatoms. The van der Waals surface area contributed by atoms with Crippen molar-refractivity contribution in [2.45, 2.75) is 50.3 Å². The van der Waals surface area contributed by atoms with Crippen LogP contribution < -0.4 is 5.32 Å². The van der Waals surface area contributed by atoms with Crippen LogP contribution in [-0.4, -0.2) is 17.2 Å². The van der Waals surface area contributed by atoms with Gasteiger partial charge in [0.1, 0.15) is 0 Å². The average Bonchev–Trinajstić information content (AvgIpc) is 2.32. The molecule has 1 aliphatic carbocycles. The maximum atomic E-state index is 3.76. The quantitative estimate of drug-likeness (QED) is 0.643. The van der Waals surface area contributed by atoms with E-state index in [0.29, 0.717) is 4.87 Å². The Morgan fingerprint density at radius 2 is 2.15 bits per heavy atom. The summed E-state index contributed by atoms with van der Waals surface area (Å²) in [7, 11) is 0. The third kappa shape index (κ3) is 2.41. The molecule has 0 amide bonds.